The van der Waals surface area contributed by atoms with Crippen LogP contribution in [0.1, 0.15) is 32.9 Å². The molecule has 0 saturated heterocycles. The van der Waals surface area contributed by atoms with Crippen LogP contribution in [0, 0.1) is 0 Å². The van der Waals surface area contributed by atoms with E-state index in [1.165, 1.54) is 0 Å². The van der Waals surface area contributed by atoms with Gasteiger partial charge in [0.15, 0.2) is 0 Å². The van der Waals surface area contributed by atoms with Crippen LogP contribution < -0.4 is 0 Å². The fourth-order valence-corrected chi connectivity index (χ4v) is 18.6. The Bertz CT molecular complexity index is 10100. The van der Waals surface area contributed by atoms with Gasteiger partial charge in [-0.15, -0.1) is 0 Å². The molecule has 0 fully saturated rings. The molecule has 0 radical (unpaired) electrons. The smallest absolute Gasteiger partial charge is 0.136 e. The van der Waals surface area contributed by atoms with E-state index >= 15 is 0 Å². The Balaban J connectivity index is 0.000000121. The van der Waals surface area contributed by atoms with Crippen LogP contribution in [-0.4, -0.2) is 0 Å². The SMILES string of the molecule is [2H]c1c([2H])c([2H])c2c(-c3cccc4oc5ccccc5c34)c3c([2H])c([2H])c([2H])c([2H])c3c(-c3cc(-c4ccccc4)c4ccccc4c3)c2c1[2H].[2H]c1c([2H])c([2H])c2c(-c3cccc4oc5ccccc5c34)c3c([2H])c([2H])c([2H])c([2H])c3c(-c3cc(-c4ccccc4)cc(-c4ccccc4)c3)c2c1[2H].[2H]c1c([2H])c([2H])c2c(-c3cccc4oc5ccccc5c34)c3c([2H])c([2H])c([2H])c([2H])c3c(-c3ccc(-c4ccccc4)cc3)c2c1[2H]. The maximum Gasteiger partial charge on any atom is 0.136 e. The molecule has 0 saturated carbocycles. The van der Waals surface area contributed by atoms with Crippen LogP contribution in [0.2, 0.25) is 0 Å². The number of furan rings is 3. The Labute approximate surface area is 767 Å². The van der Waals surface area contributed by atoms with Gasteiger partial charge in [-0.25, -0.2) is 0 Å². The molecule has 0 spiro atoms. The normalized spacial score (nSPS) is 14.3. The van der Waals surface area contributed by atoms with E-state index in [0.717, 1.165) is 71.4 Å². The lowest BCUT2D eigenvalue weighted by atomic mass is 9.83. The largest absolute Gasteiger partial charge is 0.456 e. The summed E-state index contributed by atoms with van der Waals surface area (Å²) in [6.07, 6.45) is 0. The van der Waals surface area contributed by atoms with E-state index in [0.29, 0.717) is 111 Å². The van der Waals surface area contributed by atoms with Gasteiger partial charge in [-0.2, -0.15) is 0 Å². The van der Waals surface area contributed by atoms with Crippen molar-refractivity contribution in [1.82, 2.24) is 0 Å². The molecule has 0 aliphatic heterocycles. The molecule has 592 valence electrons. The summed E-state index contributed by atoms with van der Waals surface area (Å²) in [5.74, 6) is 0. The topological polar surface area (TPSA) is 39.4 Å². The van der Waals surface area contributed by atoms with Gasteiger partial charge in [0.25, 0.3) is 0 Å². The minimum Gasteiger partial charge on any atom is -0.456 e. The van der Waals surface area contributed by atoms with Crippen LogP contribution in [0.15, 0.2) is 486 Å². The van der Waals surface area contributed by atoms with Crippen molar-refractivity contribution in [3.8, 4) is 111 Å². The molecule has 0 N–H and O–H groups in total. The van der Waals surface area contributed by atoms with Crippen molar-refractivity contribution in [2.24, 2.45) is 0 Å². The van der Waals surface area contributed by atoms with Crippen LogP contribution in [-0.2, 0) is 0 Å². The second-order valence-corrected chi connectivity index (χ2v) is 31.2. The summed E-state index contributed by atoms with van der Waals surface area (Å²) >= 11 is 0. The van der Waals surface area contributed by atoms with Crippen molar-refractivity contribution >= 4 is 141 Å². The zero-order valence-electron chi connectivity index (χ0n) is 91.4. The first-order valence-electron chi connectivity index (χ1n) is 53.6. The first-order valence-corrected chi connectivity index (χ1v) is 41.6. The maximum absolute atomic E-state index is 9.47. The Kier molecular flexibility index (Phi) is 13.1. The number of para-hydroxylation sites is 3. The van der Waals surface area contributed by atoms with Crippen molar-refractivity contribution in [2.45, 2.75) is 0 Å². The van der Waals surface area contributed by atoms with Crippen LogP contribution in [0.3, 0.4) is 0 Å². The lowest BCUT2D eigenvalue weighted by Gasteiger charge is -2.19. The molecular formula is C124H78O3. The third-order valence-electron chi connectivity index (χ3n) is 24.1. The Morgan fingerprint density at radius 2 is 0.386 bits per heavy atom. The number of fused-ring (bicyclic) bond motifs is 16. The summed E-state index contributed by atoms with van der Waals surface area (Å²) in [4.78, 5) is 0. The summed E-state index contributed by atoms with van der Waals surface area (Å²) in [5.41, 5.74) is 15.9. The predicted octanol–water partition coefficient (Wildman–Crippen LogP) is 35.5. The van der Waals surface area contributed by atoms with Crippen molar-refractivity contribution in [3.05, 3.63) is 473 Å². The van der Waals surface area contributed by atoms with Crippen LogP contribution in [0.4, 0.5) is 0 Å². The molecule has 3 aromatic heterocycles. The second-order valence-electron chi connectivity index (χ2n) is 31.2. The first kappa shape index (κ1) is 53.2. The van der Waals surface area contributed by atoms with Crippen LogP contribution in [0.5, 0.6) is 0 Å². The van der Waals surface area contributed by atoms with Crippen LogP contribution in [0.25, 0.3) is 252 Å². The maximum atomic E-state index is 9.47. The van der Waals surface area contributed by atoms with E-state index in [2.05, 4.69) is 6.07 Å². The average Bonchev–Trinajstić information content (AvgIpc) is 1.53. The third kappa shape index (κ3) is 12.8. The highest BCUT2D eigenvalue weighted by Gasteiger charge is 2.26. The first-order chi connectivity index (χ1) is 73.0. The van der Waals surface area contributed by atoms with Gasteiger partial charge in [-0.3, -0.25) is 0 Å². The van der Waals surface area contributed by atoms with E-state index in [-0.39, 0.29) is 143 Å². The van der Waals surface area contributed by atoms with Crippen molar-refractivity contribution in [1.29, 1.82) is 0 Å². The number of benzene rings is 23. The van der Waals surface area contributed by atoms with Gasteiger partial charge in [0.1, 0.15) is 33.5 Å². The minimum atomic E-state index is -0.442. The summed E-state index contributed by atoms with van der Waals surface area (Å²) in [5, 5.41) is 8.25. The van der Waals surface area contributed by atoms with Crippen LogP contribution >= 0.6 is 0 Å². The zero-order chi connectivity index (χ0) is 105. The Hall–Kier alpha value is -16.7. The molecule has 26 rings (SSSR count). The Morgan fingerprint density at radius 3 is 0.732 bits per heavy atom. The number of hydrogen-bond acceptors (Lipinski definition) is 3. The van der Waals surface area contributed by atoms with Crippen molar-refractivity contribution in [3.63, 3.8) is 0 Å². The quantitative estimate of drug-likeness (QED) is 0.128. The highest BCUT2D eigenvalue weighted by molar-refractivity contribution is 6.30. The highest BCUT2D eigenvalue weighted by atomic mass is 16.3. The van der Waals surface area contributed by atoms with Gasteiger partial charge in [0.05, 0.1) is 32.9 Å². The Morgan fingerprint density at radius 1 is 0.142 bits per heavy atom. The molecule has 0 amide bonds. The summed E-state index contributed by atoms with van der Waals surface area (Å²) in [7, 11) is 0. The zero-order valence-corrected chi connectivity index (χ0v) is 67.4. The fourth-order valence-electron chi connectivity index (χ4n) is 18.6. The number of rotatable bonds is 10. The highest BCUT2D eigenvalue weighted by Crippen LogP contribution is 2.53. The molecule has 0 bridgehead atoms. The fraction of sp³-hybridized carbons (Fsp3) is 0. The van der Waals surface area contributed by atoms with E-state index in [1.807, 2.05) is 303 Å². The monoisotopic (exact) mass is 1640 g/mol. The van der Waals surface area contributed by atoms with Gasteiger partial charge in [-0.1, -0.05) is 406 Å². The van der Waals surface area contributed by atoms with E-state index in [4.69, 9.17) is 29.7 Å². The molecule has 0 atom stereocenters. The summed E-state index contributed by atoms with van der Waals surface area (Å²) in [6.45, 7) is 0. The third-order valence-corrected chi connectivity index (χ3v) is 24.1. The molecule has 3 heterocycles. The average molecular weight is 1640 g/mol. The van der Waals surface area contributed by atoms with Gasteiger partial charge >= 0.3 is 0 Å². The lowest BCUT2D eigenvalue weighted by molar-refractivity contribution is 0.668. The van der Waals surface area contributed by atoms with Crippen molar-refractivity contribution in [2.75, 3.05) is 0 Å². The second kappa shape index (κ2) is 31.3. The van der Waals surface area contributed by atoms with E-state index in [9.17, 15) is 16.4 Å². The molecule has 0 aliphatic rings. The summed E-state index contributed by atoms with van der Waals surface area (Å²) in [6, 6.07) is 94.4. The van der Waals surface area contributed by atoms with E-state index < -0.39 is 72.5 Å². The van der Waals surface area contributed by atoms with Gasteiger partial charge in [-0.05, 0) is 253 Å². The molecule has 0 unspecified atom stereocenters. The van der Waals surface area contributed by atoms with Gasteiger partial charge < -0.3 is 13.3 Å². The molecular weight excluding hydrogens is 1540 g/mol. The number of hydrogen-bond donors (Lipinski definition) is 0. The van der Waals surface area contributed by atoms with Gasteiger partial charge in [0.2, 0.25) is 0 Å². The molecule has 0 aliphatic carbocycles. The molecule has 3 nitrogen and oxygen atoms in total. The molecule has 26 aromatic rings. The minimum absolute atomic E-state index is 0.160. The van der Waals surface area contributed by atoms with Crippen molar-refractivity contribution < 1.29 is 46.1 Å². The summed E-state index contributed by atoms with van der Waals surface area (Å²) < 4.78 is 237. The molecule has 23 aromatic carbocycles. The standard InChI is InChI=1S/C44H28O.C42H26O.C38H24O/c1-3-14-29(15-4-1)31-26-32(30-16-5-2-6-17-30)28-33(27-31)42-34-18-7-9-20-36(34)43(37-21-10-8-19-35(37)42)39-23-13-25-41-44(39)38-22-11-12-24-40(38)45-41;1-2-13-27(14-3-1)37-26-29(25-28-15-4-5-16-30(28)37)40-31-17-6-8-19-33(31)41(34-20-9-7-18-32(34)40)36-22-12-24-39-42(36)35-21-10-11-23-38(35)43-39;1-2-11-25(12-3-1)26-21-23-27(24-22-26)36-28-13-4-6-15-30(28)37(31-16-7-5-14-29(31)36)33-18-10-20-35-38(33)32-17-8-9-19-34(32)39-35/h1-28H;1-26H;1-24H/i7D,8D,9D,10D,18D,19D,20D,21D;6D,7D,8D,9D,17D,18D,19D,20D;4D,5D,6D,7D,13D,14D,15D,16D. The van der Waals surface area contributed by atoms with Gasteiger partial charge in [0, 0.05) is 32.3 Å². The molecule has 3 heteroatoms. The predicted molar refractivity (Wildman–Crippen MR) is 538 cm³/mol. The molecule has 127 heavy (non-hydrogen) atoms. The van der Waals surface area contributed by atoms with E-state index in [1.54, 1.807) is 18.2 Å². The lowest BCUT2D eigenvalue weighted by Crippen LogP contribution is -1.92.